The summed E-state index contributed by atoms with van der Waals surface area (Å²) < 4.78 is 0. The van der Waals surface area contributed by atoms with Crippen LogP contribution in [0.5, 0.6) is 0 Å². The first-order valence-electron chi connectivity index (χ1n) is 17.1. The van der Waals surface area contributed by atoms with Gasteiger partial charge < -0.3 is 29.5 Å². The summed E-state index contributed by atoms with van der Waals surface area (Å²) in [5.41, 5.74) is 13.1. The molecule has 0 aliphatic carbocycles. The van der Waals surface area contributed by atoms with E-state index in [1.54, 1.807) is 13.8 Å². The average molecular weight is 645 g/mol. The van der Waals surface area contributed by atoms with Gasteiger partial charge in [-0.05, 0) is 125 Å². The second-order valence-electron chi connectivity index (χ2n) is 13.6. The lowest BCUT2D eigenvalue weighted by Gasteiger charge is -2.07. The third-order valence-corrected chi connectivity index (χ3v) is 10.4. The fourth-order valence-electron chi connectivity index (χ4n) is 7.59. The third kappa shape index (κ3) is 5.77. The van der Waals surface area contributed by atoms with Gasteiger partial charge in [0.05, 0.1) is 25.2 Å². The molecular formula is C38H44N8O2. The highest BCUT2D eigenvalue weighted by Gasteiger charge is 2.25. The first kappa shape index (κ1) is 31.7. The molecule has 10 nitrogen and oxygen atoms in total. The van der Waals surface area contributed by atoms with Gasteiger partial charge >= 0.3 is 0 Å². The van der Waals surface area contributed by atoms with Crippen molar-refractivity contribution < 1.29 is 9.59 Å². The minimum Gasteiger partial charge on any atom is -0.355 e. The van der Waals surface area contributed by atoms with E-state index in [0.29, 0.717) is 25.7 Å². The van der Waals surface area contributed by atoms with Gasteiger partial charge in [-0.25, -0.2) is 0 Å². The SMILES string of the molecule is CC(=O)CCc1c2[nH]c(c1C)C=c1[nH]c(c(C)c1C1CCN=N1)=Cc1[nH]c(c(C)c1C1CCN=N1)C=c1[nH]c(c(CCC(C)=O)c1C)=C2. The van der Waals surface area contributed by atoms with E-state index in [2.05, 4.69) is 92.4 Å². The van der Waals surface area contributed by atoms with Gasteiger partial charge in [-0.2, -0.15) is 20.5 Å². The number of carbonyl (C=O) groups is 2. The fourth-order valence-corrected chi connectivity index (χ4v) is 7.59. The molecule has 0 radical (unpaired) electrons. The molecule has 0 spiro atoms. The first-order valence-corrected chi connectivity index (χ1v) is 17.1. The molecule has 4 aromatic rings. The Morgan fingerprint density at radius 3 is 1.75 bits per heavy atom. The molecule has 4 N–H and O–H groups in total. The molecule has 0 fully saturated rings. The Morgan fingerprint density at radius 2 is 1.10 bits per heavy atom. The van der Waals surface area contributed by atoms with Gasteiger partial charge in [-0.3, -0.25) is 0 Å². The second kappa shape index (κ2) is 12.6. The maximum Gasteiger partial charge on any atom is 0.130 e. The summed E-state index contributed by atoms with van der Waals surface area (Å²) in [7, 11) is 0. The summed E-state index contributed by atoms with van der Waals surface area (Å²) in [4.78, 5) is 39.3. The summed E-state index contributed by atoms with van der Waals surface area (Å²) in [6.45, 7) is 13.3. The number of aromatic nitrogens is 4. The number of hydrogen-bond acceptors (Lipinski definition) is 6. The molecule has 2 unspecified atom stereocenters. The van der Waals surface area contributed by atoms with Crippen LogP contribution in [0.2, 0.25) is 0 Å². The Balaban J connectivity index is 1.57. The highest BCUT2D eigenvalue weighted by molar-refractivity contribution is 5.77. The van der Waals surface area contributed by atoms with Crippen molar-refractivity contribution in [3.05, 3.63) is 88.7 Å². The molecule has 8 bridgehead atoms. The van der Waals surface area contributed by atoms with E-state index >= 15 is 0 Å². The molecule has 0 saturated carbocycles. The lowest BCUT2D eigenvalue weighted by atomic mass is 9.98. The number of azo groups is 2. The van der Waals surface area contributed by atoms with Crippen molar-refractivity contribution >= 4 is 35.9 Å². The number of nitrogens with one attached hydrogen (secondary N) is 4. The van der Waals surface area contributed by atoms with Gasteiger partial charge in [-0.1, -0.05) is 0 Å². The van der Waals surface area contributed by atoms with Gasteiger partial charge in [0.2, 0.25) is 0 Å². The number of H-pyrrole nitrogens is 4. The highest BCUT2D eigenvalue weighted by Crippen LogP contribution is 2.34. The molecule has 48 heavy (non-hydrogen) atoms. The van der Waals surface area contributed by atoms with Crippen molar-refractivity contribution in [2.75, 3.05) is 13.1 Å². The maximum absolute atomic E-state index is 12.2. The van der Waals surface area contributed by atoms with Crippen molar-refractivity contribution in [1.29, 1.82) is 0 Å². The van der Waals surface area contributed by atoms with Crippen LogP contribution in [-0.2, 0) is 22.4 Å². The Bertz CT molecular complexity index is 2270. The Labute approximate surface area is 279 Å². The minimum absolute atomic E-state index is 0.00556. The molecule has 0 saturated heterocycles. The molecule has 7 rings (SSSR count). The number of carbonyl (C=O) groups excluding carboxylic acids is 2. The molecule has 3 aliphatic heterocycles. The van der Waals surface area contributed by atoms with Crippen LogP contribution in [-0.4, -0.2) is 44.6 Å². The van der Waals surface area contributed by atoms with E-state index in [0.717, 1.165) is 109 Å². The molecule has 7 heterocycles. The van der Waals surface area contributed by atoms with Crippen molar-refractivity contribution in [1.82, 2.24) is 19.9 Å². The molecular weight excluding hydrogens is 600 g/mol. The topological polar surface area (TPSA) is 147 Å². The quantitative estimate of drug-likeness (QED) is 0.194. The van der Waals surface area contributed by atoms with Crippen molar-refractivity contribution in [2.24, 2.45) is 20.5 Å². The van der Waals surface area contributed by atoms with Gasteiger partial charge in [0, 0.05) is 68.1 Å². The number of Topliss-reactive ketones (excluding diaryl/α,β-unsaturated/α-hetero) is 2. The summed E-state index contributed by atoms with van der Waals surface area (Å²) in [6, 6.07) is -0.0228. The zero-order valence-corrected chi connectivity index (χ0v) is 28.7. The second-order valence-corrected chi connectivity index (χ2v) is 13.6. The third-order valence-electron chi connectivity index (χ3n) is 10.4. The highest BCUT2D eigenvalue weighted by atomic mass is 16.1. The van der Waals surface area contributed by atoms with Crippen LogP contribution in [0.1, 0.15) is 119 Å². The lowest BCUT2D eigenvalue weighted by Crippen LogP contribution is -2.14. The summed E-state index contributed by atoms with van der Waals surface area (Å²) in [5.74, 6) is 0.322. The molecule has 10 heteroatoms. The zero-order valence-electron chi connectivity index (χ0n) is 28.7. The Hall–Kier alpha value is -4.86. The van der Waals surface area contributed by atoms with Crippen LogP contribution in [0, 0.1) is 27.7 Å². The standard InChI is InChI=1S/C38H44N8O2/c1-19(47)7-9-25-21(3)29-15-31-23(5)37(27-11-13-39-45-27)36(43-31)17-32-24(6)38(28-12-14-40-46-28)35(44-32)16-30-22(4)26(10-8-20(2)48)34(42-30)18-33(25)41-29/h15-18,27-28,41-44H,7-14H2,1-6H3. The van der Waals surface area contributed by atoms with Crippen LogP contribution in [0.15, 0.2) is 20.5 Å². The van der Waals surface area contributed by atoms with E-state index in [4.69, 9.17) is 0 Å². The molecule has 3 aliphatic rings. The predicted octanol–water partition coefficient (Wildman–Crippen LogP) is 4.70. The molecule has 4 aromatic heterocycles. The summed E-state index contributed by atoms with van der Waals surface area (Å²) >= 11 is 0. The largest absolute Gasteiger partial charge is 0.355 e. The normalized spacial score (nSPS) is 18.0. The Kier molecular flexibility index (Phi) is 8.35. The number of ketones is 2. The monoisotopic (exact) mass is 644 g/mol. The maximum atomic E-state index is 12.2. The van der Waals surface area contributed by atoms with Crippen LogP contribution >= 0.6 is 0 Å². The van der Waals surface area contributed by atoms with Crippen LogP contribution in [0.4, 0.5) is 0 Å². The molecule has 0 aromatic carbocycles. The lowest BCUT2D eigenvalue weighted by molar-refractivity contribution is -0.117. The number of fused-ring (bicyclic) bond motifs is 8. The van der Waals surface area contributed by atoms with Crippen molar-refractivity contribution in [2.45, 2.75) is 92.2 Å². The van der Waals surface area contributed by atoms with E-state index in [9.17, 15) is 9.59 Å². The van der Waals surface area contributed by atoms with Crippen LogP contribution in [0.25, 0.3) is 24.3 Å². The van der Waals surface area contributed by atoms with Crippen molar-refractivity contribution in [3.63, 3.8) is 0 Å². The first-order chi connectivity index (χ1) is 23.1. The van der Waals surface area contributed by atoms with E-state index in [1.165, 1.54) is 5.56 Å². The van der Waals surface area contributed by atoms with Crippen molar-refractivity contribution in [3.8, 4) is 0 Å². The molecule has 0 amide bonds. The van der Waals surface area contributed by atoms with Gasteiger partial charge in [0.1, 0.15) is 11.6 Å². The van der Waals surface area contributed by atoms with Gasteiger partial charge in [-0.15, -0.1) is 0 Å². The van der Waals surface area contributed by atoms with E-state index in [1.807, 2.05) is 0 Å². The summed E-state index contributed by atoms with van der Waals surface area (Å²) in [5, 5.41) is 22.0. The molecule has 2 atom stereocenters. The smallest absolute Gasteiger partial charge is 0.130 e. The number of hydrogen-bond donors (Lipinski definition) is 4. The Morgan fingerprint density at radius 1 is 0.583 bits per heavy atom. The average Bonchev–Trinajstić information content (AvgIpc) is 3.88. The number of rotatable bonds is 8. The fraction of sp³-hybridized carbons (Fsp3) is 0.421. The zero-order chi connectivity index (χ0) is 33.7. The van der Waals surface area contributed by atoms with E-state index in [-0.39, 0.29) is 23.7 Å². The van der Waals surface area contributed by atoms with Crippen LogP contribution < -0.4 is 21.4 Å². The van der Waals surface area contributed by atoms with E-state index < -0.39 is 0 Å². The number of nitrogens with zero attached hydrogens (tertiary/aromatic N) is 4. The van der Waals surface area contributed by atoms with Gasteiger partial charge in [0.25, 0.3) is 0 Å². The van der Waals surface area contributed by atoms with Crippen LogP contribution in [0.3, 0.4) is 0 Å². The number of aromatic amines is 4. The minimum atomic E-state index is -0.0172. The summed E-state index contributed by atoms with van der Waals surface area (Å²) in [6.07, 6.45) is 12.7. The van der Waals surface area contributed by atoms with Gasteiger partial charge in [0.15, 0.2) is 0 Å². The molecule has 248 valence electrons. The predicted molar refractivity (Wildman–Crippen MR) is 187 cm³/mol.